The summed E-state index contributed by atoms with van der Waals surface area (Å²) in [5, 5.41) is 6.15. The highest BCUT2D eigenvalue weighted by Gasteiger charge is 2.23. The van der Waals surface area contributed by atoms with Crippen LogP contribution in [0.5, 0.6) is 0 Å². The van der Waals surface area contributed by atoms with E-state index in [2.05, 4.69) is 17.0 Å². The lowest BCUT2D eigenvalue weighted by molar-refractivity contribution is 0.0688. The highest BCUT2D eigenvalue weighted by molar-refractivity contribution is 7.12. The molecule has 24 heavy (non-hydrogen) atoms. The largest absolute Gasteiger partial charge is 0.366 e. The van der Waals surface area contributed by atoms with Crippen LogP contribution in [0.15, 0.2) is 29.8 Å². The van der Waals surface area contributed by atoms with Crippen molar-refractivity contribution in [3.05, 3.63) is 34.7 Å². The summed E-state index contributed by atoms with van der Waals surface area (Å²) in [5.74, 6) is 0.985. The molecule has 1 aliphatic heterocycles. The summed E-state index contributed by atoms with van der Waals surface area (Å²) < 4.78 is 1.66. The fourth-order valence-corrected chi connectivity index (χ4v) is 4.08. The Morgan fingerprint density at radius 2 is 2.25 bits per heavy atom. The number of piperidine rings is 1. The van der Waals surface area contributed by atoms with E-state index in [9.17, 15) is 4.79 Å². The molecule has 1 unspecified atom stereocenters. The molecule has 1 atom stereocenters. The van der Waals surface area contributed by atoms with Crippen molar-refractivity contribution in [3.8, 4) is 11.1 Å². The van der Waals surface area contributed by atoms with Gasteiger partial charge in [0.05, 0.1) is 4.88 Å². The number of nitrogens with two attached hydrogens (primary N) is 1. The van der Waals surface area contributed by atoms with Crippen molar-refractivity contribution < 1.29 is 4.79 Å². The summed E-state index contributed by atoms with van der Waals surface area (Å²) in [7, 11) is 0. The molecule has 3 aromatic rings. The molecular formula is C17H19N5OS. The molecule has 1 saturated heterocycles. The second-order valence-electron chi connectivity index (χ2n) is 6.39. The van der Waals surface area contributed by atoms with Gasteiger partial charge in [-0.05, 0) is 47.9 Å². The predicted molar refractivity (Wildman–Crippen MR) is 95.0 cm³/mol. The number of amides is 1. The molecule has 6 nitrogen and oxygen atoms in total. The fourth-order valence-electron chi connectivity index (χ4n) is 3.20. The molecule has 2 N–H and O–H groups in total. The number of fused-ring (bicyclic) bond motifs is 1. The standard InChI is InChI=1S/C17H19N5OS/c1-11-3-2-6-21(8-11)16(23)14-7-13(10-24-14)12-4-5-15-19-17(18)20-22(15)9-12/h4-5,7,9-11H,2-3,6,8H2,1H3,(H2,18,20). The lowest BCUT2D eigenvalue weighted by atomic mass is 10.0. The zero-order chi connectivity index (χ0) is 16.7. The second-order valence-corrected chi connectivity index (χ2v) is 7.30. The van der Waals surface area contributed by atoms with Crippen LogP contribution >= 0.6 is 11.3 Å². The van der Waals surface area contributed by atoms with Gasteiger partial charge in [0.2, 0.25) is 5.95 Å². The average molecular weight is 341 g/mol. The molecule has 124 valence electrons. The van der Waals surface area contributed by atoms with Crippen LogP contribution in [0.4, 0.5) is 5.95 Å². The van der Waals surface area contributed by atoms with Crippen LogP contribution in [0.2, 0.25) is 0 Å². The fraction of sp³-hybridized carbons (Fsp3) is 0.353. The Kier molecular flexibility index (Phi) is 3.72. The molecule has 7 heteroatoms. The molecule has 0 spiro atoms. The molecule has 0 radical (unpaired) electrons. The van der Waals surface area contributed by atoms with Crippen LogP contribution in [-0.2, 0) is 0 Å². The molecule has 1 aliphatic rings. The Hall–Kier alpha value is -2.41. The number of nitrogens with zero attached hydrogens (tertiary/aromatic N) is 4. The Morgan fingerprint density at radius 3 is 3.08 bits per heavy atom. The molecular weight excluding hydrogens is 322 g/mol. The van der Waals surface area contributed by atoms with Crippen molar-refractivity contribution in [1.82, 2.24) is 19.5 Å². The van der Waals surface area contributed by atoms with Gasteiger partial charge < -0.3 is 10.6 Å². The van der Waals surface area contributed by atoms with E-state index < -0.39 is 0 Å². The number of anilines is 1. The Morgan fingerprint density at radius 1 is 1.38 bits per heavy atom. The minimum absolute atomic E-state index is 0.142. The van der Waals surface area contributed by atoms with Gasteiger partial charge in [0.25, 0.3) is 5.91 Å². The van der Waals surface area contributed by atoms with Gasteiger partial charge in [0, 0.05) is 24.8 Å². The highest BCUT2D eigenvalue weighted by atomic mass is 32.1. The topological polar surface area (TPSA) is 76.5 Å². The number of thiophene rings is 1. The van der Waals surface area contributed by atoms with Gasteiger partial charge >= 0.3 is 0 Å². The van der Waals surface area contributed by atoms with E-state index in [1.165, 1.54) is 17.8 Å². The molecule has 1 fully saturated rings. The smallest absolute Gasteiger partial charge is 0.263 e. The third-order valence-corrected chi connectivity index (χ3v) is 5.35. The first kappa shape index (κ1) is 15.1. The van der Waals surface area contributed by atoms with E-state index in [-0.39, 0.29) is 11.9 Å². The van der Waals surface area contributed by atoms with Crippen LogP contribution in [0.3, 0.4) is 0 Å². The average Bonchev–Trinajstić information content (AvgIpc) is 3.19. The molecule has 1 amide bonds. The number of rotatable bonds is 2. The summed E-state index contributed by atoms with van der Waals surface area (Å²) in [6, 6.07) is 5.82. The summed E-state index contributed by atoms with van der Waals surface area (Å²) in [6.07, 6.45) is 4.19. The number of likely N-dealkylation sites (tertiary alicyclic amines) is 1. The maximum absolute atomic E-state index is 12.7. The van der Waals surface area contributed by atoms with Gasteiger partial charge in [-0.25, -0.2) is 4.52 Å². The summed E-state index contributed by atoms with van der Waals surface area (Å²) in [4.78, 5) is 19.6. The van der Waals surface area contributed by atoms with Crippen LogP contribution in [-0.4, -0.2) is 38.5 Å². The Balaban J connectivity index is 1.60. The zero-order valence-electron chi connectivity index (χ0n) is 13.5. The number of pyridine rings is 1. The van der Waals surface area contributed by atoms with E-state index in [4.69, 9.17) is 5.73 Å². The van der Waals surface area contributed by atoms with Crippen molar-refractivity contribution in [2.75, 3.05) is 18.8 Å². The Bertz CT molecular complexity index is 899. The normalized spacial score (nSPS) is 18.2. The van der Waals surface area contributed by atoms with E-state index in [0.29, 0.717) is 11.6 Å². The number of aromatic nitrogens is 3. The lowest BCUT2D eigenvalue weighted by Crippen LogP contribution is -2.38. The third kappa shape index (κ3) is 2.75. The molecule has 0 bridgehead atoms. The highest BCUT2D eigenvalue weighted by Crippen LogP contribution is 2.28. The SMILES string of the molecule is CC1CCCN(C(=O)c2cc(-c3ccc4nc(N)nn4c3)cs2)C1. The monoisotopic (exact) mass is 341 g/mol. The van der Waals surface area contributed by atoms with Crippen LogP contribution < -0.4 is 5.73 Å². The number of hydrogen-bond donors (Lipinski definition) is 1. The summed E-state index contributed by atoms with van der Waals surface area (Å²) in [5.41, 5.74) is 8.35. The number of nitrogen functional groups attached to an aromatic ring is 1. The van der Waals surface area contributed by atoms with Gasteiger partial charge in [0.15, 0.2) is 5.65 Å². The van der Waals surface area contributed by atoms with Gasteiger partial charge in [0.1, 0.15) is 0 Å². The number of carbonyl (C=O) groups excluding carboxylic acids is 1. The molecule has 0 aliphatic carbocycles. The summed E-state index contributed by atoms with van der Waals surface area (Å²) in [6.45, 7) is 3.93. The van der Waals surface area contributed by atoms with E-state index in [1.807, 2.05) is 34.7 Å². The molecule has 0 saturated carbocycles. The number of hydrogen-bond acceptors (Lipinski definition) is 5. The van der Waals surface area contributed by atoms with Crippen molar-refractivity contribution >= 4 is 28.8 Å². The zero-order valence-corrected chi connectivity index (χ0v) is 14.3. The predicted octanol–water partition coefficient (Wildman–Crippen LogP) is 2.91. The maximum atomic E-state index is 12.7. The molecule has 0 aromatic carbocycles. The molecule has 3 aromatic heterocycles. The van der Waals surface area contributed by atoms with Gasteiger partial charge in [-0.15, -0.1) is 16.4 Å². The van der Waals surface area contributed by atoms with E-state index >= 15 is 0 Å². The van der Waals surface area contributed by atoms with Crippen molar-refractivity contribution in [1.29, 1.82) is 0 Å². The van der Waals surface area contributed by atoms with Crippen molar-refractivity contribution in [2.24, 2.45) is 5.92 Å². The minimum atomic E-state index is 0.142. The molecule has 4 heterocycles. The van der Waals surface area contributed by atoms with Crippen LogP contribution in [0, 0.1) is 5.92 Å². The van der Waals surface area contributed by atoms with Gasteiger partial charge in [-0.1, -0.05) is 6.92 Å². The van der Waals surface area contributed by atoms with Crippen molar-refractivity contribution in [2.45, 2.75) is 19.8 Å². The van der Waals surface area contributed by atoms with Crippen LogP contribution in [0.25, 0.3) is 16.8 Å². The first-order valence-corrected chi connectivity index (χ1v) is 8.98. The third-order valence-electron chi connectivity index (χ3n) is 4.44. The maximum Gasteiger partial charge on any atom is 0.263 e. The Labute approximate surface area is 143 Å². The first-order chi connectivity index (χ1) is 11.6. The molecule has 4 rings (SSSR count). The first-order valence-electron chi connectivity index (χ1n) is 8.10. The van der Waals surface area contributed by atoms with E-state index in [0.717, 1.165) is 35.5 Å². The van der Waals surface area contributed by atoms with Gasteiger partial charge in [-0.3, -0.25) is 4.79 Å². The van der Waals surface area contributed by atoms with E-state index in [1.54, 1.807) is 4.52 Å². The van der Waals surface area contributed by atoms with Crippen LogP contribution in [0.1, 0.15) is 29.4 Å². The minimum Gasteiger partial charge on any atom is -0.366 e. The quantitative estimate of drug-likeness (QED) is 0.777. The lowest BCUT2D eigenvalue weighted by Gasteiger charge is -2.30. The van der Waals surface area contributed by atoms with Crippen molar-refractivity contribution in [3.63, 3.8) is 0 Å². The van der Waals surface area contributed by atoms with Gasteiger partial charge in [-0.2, -0.15) is 4.98 Å². The second kappa shape index (κ2) is 5.90. The number of carbonyl (C=O) groups is 1. The summed E-state index contributed by atoms with van der Waals surface area (Å²) >= 11 is 1.50.